The standard InChI is InChI=1S/C20H19N3O2/c21-16-9-4-8-15(12-16)17-10-5-11-18(19(17)22)23-20(24)25-13-14-6-2-1-3-7-14/h1-12H,13,21-22H2,(H,23,24). The van der Waals surface area contributed by atoms with Crippen LogP contribution in [0.4, 0.5) is 21.9 Å². The van der Waals surface area contributed by atoms with Crippen LogP contribution in [0.3, 0.4) is 0 Å². The summed E-state index contributed by atoms with van der Waals surface area (Å²) in [5.74, 6) is 0. The van der Waals surface area contributed by atoms with Gasteiger partial charge in [0, 0.05) is 11.3 Å². The van der Waals surface area contributed by atoms with Crippen molar-refractivity contribution in [1.82, 2.24) is 0 Å². The van der Waals surface area contributed by atoms with Crippen LogP contribution in [0.15, 0.2) is 72.8 Å². The molecule has 0 aliphatic carbocycles. The first-order valence-corrected chi connectivity index (χ1v) is 7.85. The number of ether oxygens (including phenoxy) is 1. The number of nitrogens with two attached hydrogens (primary N) is 2. The third-order valence-electron chi connectivity index (χ3n) is 3.75. The highest BCUT2D eigenvalue weighted by atomic mass is 16.5. The molecule has 0 spiro atoms. The van der Waals surface area contributed by atoms with E-state index < -0.39 is 6.09 Å². The number of anilines is 3. The first kappa shape index (κ1) is 16.4. The summed E-state index contributed by atoms with van der Waals surface area (Å²) < 4.78 is 5.23. The zero-order valence-electron chi connectivity index (χ0n) is 13.6. The van der Waals surface area contributed by atoms with Crippen LogP contribution in [-0.4, -0.2) is 6.09 Å². The second-order valence-corrected chi connectivity index (χ2v) is 5.58. The summed E-state index contributed by atoms with van der Waals surface area (Å²) in [4.78, 5) is 12.0. The van der Waals surface area contributed by atoms with Gasteiger partial charge in [0.15, 0.2) is 0 Å². The molecule has 0 saturated carbocycles. The molecule has 3 aromatic rings. The van der Waals surface area contributed by atoms with Crippen LogP contribution in [-0.2, 0) is 11.3 Å². The third-order valence-corrected chi connectivity index (χ3v) is 3.75. The van der Waals surface area contributed by atoms with Gasteiger partial charge >= 0.3 is 6.09 Å². The minimum absolute atomic E-state index is 0.196. The maximum Gasteiger partial charge on any atom is 0.412 e. The van der Waals surface area contributed by atoms with E-state index >= 15 is 0 Å². The molecule has 3 rings (SSSR count). The maximum atomic E-state index is 12.0. The maximum absolute atomic E-state index is 12.0. The van der Waals surface area contributed by atoms with Crippen molar-refractivity contribution in [2.24, 2.45) is 0 Å². The number of amides is 1. The van der Waals surface area contributed by atoms with Crippen molar-refractivity contribution in [2.45, 2.75) is 6.61 Å². The van der Waals surface area contributed by atoms with Crippen molar-refractivity contribution in [3.63, 3.8) is 0 Å². The quantitative estimate of drug-likeness (QED) is 0.622. The zero-order chi connectivity index (χ0) is 17.6. The highest BCUT2D eigenvalue weighted by Gasteiger charge is 2.11. The van der Waals surface area contributed by atoms with Crippen LogP contribution in [0, 0.1) is 0 Å². The molecule has 3 aromatic carbocycles. The van der Waals surface area contributed by atoms with Gasteiger partial charge in [-0.2, -0.15) is 0 Å². The molecule has 0 bridgehead atoms. The Morgan fingerprint density at radius 3 is 2.44 bits per heavy atom. The molecule has 5 N–H and O–H groups in total. The van der Waals surface area contributed by atoms with Crippen molar-refractivity contribution in [3.8, 4) is 11.1 Å². The lowest BCUT2D eigenvalue weighted by molar-refractivity contribution is 0.155. The second-order valence-electron chi connectivity index (χ2n) is 5.58. The predicted molar refractivity (Wildman–Crippen MR) is 101 cm³/mol. The van der Waals surface area contributed by atoms with E-state index in [1.165, 1.54) is 0 Å². The van der Waals surface area contributed by atoms with E-state index in [1.54, 1.807) is 6.07 Å². The molecule has 0 atom stereocenters. The molecule has 0 saturated heterocycles. The van der Waals surface area contributed by atoms with E-state index in [-0.39, 0.29) is 6.61 Å². The Labute approximate surface area is 146 Å². The number of hydrogen-bond acceptors (Lipinski definition) is 4. The van der Waals surface area contributed by atoms with E-state index in [0.29, 0.717) is 17.1 Å². The molecular formula is C20H19N3O2. The minimum atomic E-state index is -0.555. The van der Waals surface area contributed by atoms with Crippen molar-refractivity contribution >= 4 is 23.2 Å². The minimum Gasteiger partial charge on any atom is -0.444 e. The molecule has 1 amide bonds. The molecule has 0 unspecified atom stereocenters. The fraction of sp³-hybridized carbons (Fsp3) is 0.0500. The molecule has 25 heavy (non-hydrogen) atoms. The van der Waals surface area contributed by atoms with Gasteiger partial charge in [0.05, 0.1) is 11.4 Å². The summed E-state index contributed by atoms with van der Waals surface area (Å²) in [5.41, 5.74) is 16.3. The Hall–Kier alpha value is -3.47. The van der Waals surface area contributed by atoms with Gasteiger partial charge in [-0.05, 0) is 29.3 Å². The SMILES string of the molecule is Nc1cccc(-c2cccc(NC(=O)OCc3ccccc3)c2N)c1. The van der Waals surface area contributed by atoms with E-state index in [1.807, 2.05) is 66.7 Å². The normalized spacial score (nSPS) is 10.2. The lowest BCUT2D eigenvalue weighted by atomic mass is 10.0. The average Bonchev–Trinajstić information content (AvgIpc) is 2.63. The first-order valence-electron chi connectivity index (χ1n) is 7.85. The molecule has 5 heteroatoms. The Morgan fingerprint density at radius 1 is 0.920 bits per heavy atom. The molecule has 0 aromatic heterocycles. The lowest BCUT2D eigenvalue weighted by Crippen LogP contribution is -2.14. The number of rotatable bonds is 4. The summed E-state index contributed by atoms with van der Waals surface area (Å²) in [5, 5.41) is 2.69. The predicted octanol–water partition coefficient (Wildman–Crippen LogP) is 4.27. The van der Waals surface area contributed by atoms with Crippen LogP contribution in [0.2, 0.25) is 0 Å². The topological polar surface area (TPSA) is 90.4 Å². The zero-order valence-corrected chi connectivity index (χ0v) is 13.6. The Balaban J connectivity index is 1.72. The number of para-hydroxylation sites is 1. The van der Waals surface area contributed by atoms with Gasteiger partial charge in [-0.1, -0.05) is 54.6 Å². The number of nitrogens with one attached hydrogen (secondary N) is 1. The summed E-state index contributed by atoms with van der Waals surface area (Å²) >= 11 is 0. The molecular weight excluding hydrogens is 314 g/mol. The number of carbonyl (C=O) groups excluding carboxylic acids is 1. The monoisotopic (exact) mass is 333 g/mol. The van der Waals surface area contributed by atoms with E-state index in [2.05, 4.69) is 5.32 Å². The van der Waals surface area contributed by atoms with Crippen LogP contribution in [0.1, 0.15) is 5.56 Å². The van der Waals surface area contributed by atoms with Crippen LogP contribution >= 0.6 is 0 Å². The molecule has 0 heterocycles. The van der Waals surface area contributed by atoms with Crippen LogP contribution in [0.25, 0.3) is 11.1 Å². The summed E-state index contributed by atoms with van der Waals surface area (Å²) in [6.07, 6.45) is -0.555. The Bertz CT molecular complexity index is 879. The van der Waals surface area contributed by atoms with Gasteiger partial charge in [0.1, 0.15) is 6.61 Å². The Morgan fingerprint density at radius 2 is 1.68 bits per heavy atom. The molecule has 5 nitrogen and oxygen atoms in total. The summed E-state index contributed by atoms with van der Waals surface area (Å²) in [6.45, 7) is 0.196. The highest BCUT2D eigenvalue weighted by molar-refractivity contribution is 5.94. The van der Waals surface area contributed by atoms with Gasteiger partial charge in [-0.25, -0.2) is 4.79 Å². The molecule has 0 fully saturated rings. The van der Waals surface area contributed by atoms with Crippen LogP contribution < -0.4 is 16.8 Å². The summed E-state index contributed by atoms with van der Waals surface area (Å²) in [6, 6.07) is 22.3. The number of nitrogen functional groups attached to an aromatic ring is 2. The number of carbonyl (C=O) groups is 1. The van der Waals surface area contributed by atoms with Gasteiger partial charge in [0.25, 0.3) is 0 Å². The highest BCUT2D eigenvalue weighted by Crippen LogP contribution is 2.32. The van der Waals surface area contributed by atoms with E-state index in [4.69, 9.17) is 16.2 Å². The second kappa shape index (κ2) is 7.40. The summed E-state index contributed by atoms with van der Waals surface area (Å²) in [7, 11) is 0. The van der Waals surface area contributed by atoms with Gasteiger partial charge < -0.3 is 16.2 Å². The lowest BCUT2D eigenvalue weighted by Gasteiger charge is -2.13. The third kappa shape index (κ3) is 4.09. The molecule has 126 valence electrons. The Kier molecular flexibility index (Phi) is 4.85. The van der Waals surface area contributed by atoms with Crippen LogP contribution in [0.5, 0.6) is 0 Å². The molecule has 0 aliphatic heterocycles. The van der Waals surface area contributed by atoms with Crippen molar-refractivity contribution in [1.29, 1.82) is 0 Å². The largest absolute Gasteiger partial charge is 0.444 e. The first-order chi connectivity index (χ1) is 12.1. The van der Waals surface area contributed by atoms with Crippen molar-refractivity contribution in [3.05, 3.63) is 78.4 Å². The molecule has 0 radical (unpaired) electrons. The van der Waals surface area contributed by atoms with Gasteiger partial charge in [-0.15, -0.1) is 0 Å². The van der Waals surface area contributed by atoms with Gasteiger partial charge in [-0.3, -0.25) is 5.32 Å². The van der Waals surface area contributed by atoms with Crippen molar-refractivity contribution < 1.29 is 9.53 Å². The fourth-order valence-corrected chi connectivity index (χ4v) is 2.50. The van der Waals surface area contributed by atoms with Gasteiger partial charge in [0.2, 0.25) is 0 Å². The average molecular weight is 333 g/mol. The fourth-order valence-electron chi connectivity index (χ4n) is 2.50. The number of hydrogen-bond donors (Lipinski definition) is 3. The molecule has 0 aliphatic rings. The smallest absolute Gasteiger partial charge is 0.412 e. The van der Waals surface area contributed by atoms with Crippen molar-refractivity contribution in [2.75, 3.05) is 16.8 Å². The van der Waals surface area contributed by atoms with E-state index in [0.717, 1.165) is 16.7 Å². The van der Waals surface area contributed by atoms with E-state index in [9.17, 15) is 4.79 Å². The number of benzene rings is 3.